The first kappa shape index (κ1) is 26.0. The molecule has 0 spiro atoms. The summed E-state index contributed by atoms with van der Waals surface area (Å²) in [4.78, 5) is 22.8. The number of sulfonamides is 1. The molecule has 0 radical (unpaired) electrons. The molecule has 3 saturated heterocycles. The molecule has 40 heavy (non-hydrogen) atoms. The second-order valence-corrected chi connectivity index (χ2v) is 14.5. The summed E-state index contributed by atoms with van der Waals surface area (Å²) in [6.07, 6.45) is 6.33. The predicted octanol–water partition coefficient (Wildman–Crippen LogP) is 4.47. The third kappa shape index (κ3) is 3.92. The first-order valence-electron chi connectivity index (χ1n) is 14.8. The van der Waals surface area contributed by atoms with Crippen molar-refractivity contribution in [3.63, 3.8) is 0 Å². The molecule has 4 aliphatic rings. The van der Waals surface area contributed by atoms with Gasteiger partial charge in [-0.05, 0) is 81.4 Å². The molecule has 3 aliphatic heterocycles. The molecule has 7 rings (SSSR count). The van der Waals surface area contributed by atoms with Gasteiger partial charge in [-0.25, -0.2) is 8.42 Å². The zero-order valence-electron chi connectivity index (χ0n) is 23.5. The van der Waals surface area contributed by atoms with E-state index in [1.165, 1.54) is 25.9 Å². The highest BCUT2D eigenvalue weighted by atomic mass is 32.2. The van der Waals surface area contributed by atoms with Crippen molar-refractivity contribution < 1.29 is 13.2 Å². The van der Waals surface area contributed by atoms with E-state index in [0.717, 1.165) is 66.6 Å². The highest BCUT2D eigenvalue weighted by molar-refractivity contribution is 7.89. The monoisotopic (exact) mass is 561 g/mol. The SMILES string of the molecule is CC1(C)c2cc(N3CCC(N4CCCC4)CC3)c(S(=O)(=O)N3CCCC3)cc2C(=O)c2c1[nH]c1cc(N)ccc21. The second kappa shape index (κ2) is 9.33. The number of nitrogens with zero attached hydrogens (tertiary/aromatic N) is 3. The number of nitrogens with two attached hydrogens (primary N) is 1. The fraction of sp³-hybridized carbons (Fsp3) is 0.516. The molecule has 0 atom stereocenters. The summed E-state index contributed by atoms with van der Waals surface area (Å²) < 4.78 is 29.9. The molecule has 1 aliphatic carbocycles. The number of nitrogen functional groups attached to an aromatic ring is 1. The van der Waals surface area contributed by atoms with Crippen molar-refractivity contribution in [1.82, 2.24) is 14.2 Å². The van der Waals surface area contributed by atoms with Gasteiger partial charge in [0.1, 0.15) is 4.90 Å². The van der Waals surface area contributed by atoms with E-state index in [-0.39, 0.29) is 10.7 Å². The Kier molecular flexibility index (Phi) is 6.07. The Bertz CT molecular complexity index is 1610. The Morgan fingerprint density at radius 1 is 0.925 bits per heavy atom. The lowest BCUT2D eigenvalue weighted by Crippen LogP contribution is -2.44. The molecule has 1 aromatic heterocycles. The van der Waals surface area contributed by atoms with Crippen molar-refractivity contribution in [3.8, 4) is 0 Å². The number of hydrogen-bond donors (Lipinski definition) is 2. The van der Waals surface area contributed by atoms with Crippen LogP contribution >= 0.6 is 0 Å². The van der Waals surface area contributed by atoms with Crippen LogP contribution in [0.3, 0.4) is 0 Å². The summed E-state index contributed by atoms with van der Waals surface area (Å²) in [6.45, 7) is 9.27. The van der Waals surface area contributed by atoms with Crippen LogP contribution in [-0.4, -0.2) is 73.7 Å². The van der Waals surface area contributed by atoms with Gasteiger partial charge in [0.15, 0.2) is 5.78 Å². The first-order valence-corrected chi connectivity index (χ1v) is 16.2. The van der Waals surface area contributed by atoms with E-state index in [0.29, 0.717) is 35.9 Å². The van der Waals surface area contributed by atoms with Crippen molar-refractivity contribution in [1.29, 1.82) is 0 Å². The standard InChI is InChI=1S/C31H39N5O3S/c1-31(2)24-19-26(35-15-9-21(10-16-35)34-11-3-4-12-34)27(40(38,39)36-13-5-6-14-36)18-23(24)29(37)28-22-8-7-20(32)17-25(22)33-30(28)31/h7-8,17-19,21,33H,3-6,9-16,32H2,1-2H3. The van der Waals surface area contributed by atoms with Crippen LogP contribution in [-0.2, 0) is 15.4 Å². The summed E-state index contributed by atoms with van der Waals surface area (Å²) in [7, 11) is -3.75. The van der Waals surface area contributed by atoms with Gasteiger partial charge in [0.2, 0.25) is 10.0 Å². The fourth-order valence-corrected chi connectivity index (χ4v) is 9.30. The van der Waals surface area contributed by atoms with Gasteiger partial charge >= 0.3 is 0 Å². The fourth-order valence-electron chi connectivity index (χ4n) is 7.56. The molecule has 3 aromatic rings. The normalized spacial score (nSPS) is 22.2. The number of likely N-dealkylation sites (tertiary alicyclic amines) is 1. The summed E-state index contributed by atoms with van der Waals surface area (Å²) in [5, 5.41) is 0.824. The Balaban J connectivity index is 1.36. The minimum Gasteiger partial charge on any atom is -0.399 e. The largest absolute Gasteiger partial charge is 0.399 e. The molecule has 212 valence electrons. The van der Waals surface area contributed by atoms with Crippen LogP contribution in [0.25, 0.3) is 10.9 Å². The number of carbonyl (C=O) groups excluding carboxylic acids is 1. The Morgan fingerprint density at radius 3 is 2.30 bits per heavy atom. The van der Waals surface area contributed by atoms with Crippen LogP contribution in [0.5, 0.6) is 0 Å². The van der Waals surface area contributed by atoms with E-state index in [2.05, 4.69) is 28.6 Å². The van der Waals surface area contributed by atoms with Gasteiger partial charge in [0.05, 0.1) is 11.3 Å². The van der Waals surface area contributed by atoms with E-state index in [9.17, 15) is 13.2 Å². The lowest BCUT2D eigenvalue weighted by Gasteiger charge is -2.40. The highest BCUT2D eigenvalue weighted by Gasteiger charge is 2.43. The topological polar surface area (TPSA) is 103 Å². The van der Waals surface area contributed by atoms with Crippen molar-refractivity contribution in [3.05, 3.63) is 52.7 Å². The van der Waals surface area contributed by atoms with E-state index in [1.807, 2.05) is 24.3 Å². The van der Waals surface area contributed by atoms with Gasteiger partial charge < -0.3 is 20.5 Å². The van der Waals surface area contributed by atoms with Crippen molar-refractivity contribution >= 4 is 38.1 Å². The van der Waals surface area contributed by atoms with Crippen LogP contribution < -0.4 is 10.6 Å². The third-order valence-electron chi connectivity index (χ3n) is 9.84. The number of H-pyrrole nitrogens is 1. The van der Waals surface area contributed by atoms with Crippen molar-refractivity contribution in [2.24, 2.45) is 0 Å². The van der Waals surface area contributed by atoms with Crippen molar-refractivity contribution in [2.45, 2.75) is 68.7 Å². The number of benzene rings is 2. The lowest BCUT2D eigenvalue weighted by atomic mass is 9.71. The number of aromatic nitrogens is 1. The van der Waals surface area contributed by atoms with Gasteiger partial charge in [0, 0.05) is 65.5 Å². The summed E-state index contributed by atoms with van der Waals surface area (Å²) in [5.74, 6) is -0.127. The zero-order valence-corrected chi connectivity index (χ0v) is 24.3. The molecule has 0 amide bonds. The van der Waals surface area contributed by atoms with E-state index in [1.54, 1.807) is 10.4 Å². The maximum Gasteiger partial charge on any atom is 0.245 e. The van der Waals surface area contributed by atoms with Crippen LogP contribution in [0.2, 0.25) is 0 Å². The van der Waals surface area contributed by atoms with Gasteiger partial charge in [-0.2, -0.15) is 4.31 Å². The van der Waals surface area contributed by atoms with Crippen molar-refractivity contribution in [2.75, 3.05) is 49.9 Å². The molecule has 9 heteroatoms. The van der Waals surface area contributed by atoms with Gasteiger partial charge in [-0.1, -0.05) is 19.9 Å². The number of carbonyl (C=O) groups is 1. The Labute approximate surface area is 236 Å². The number of piperidine rings is 1. The number of fused-ring (bicyclic) bond motifs is 4. The quantitative estimate of drug-likeness (QED) is 0.456. The molecule has 3 N–H and O–H groups in total. The molecule has 4 heterocycles. The third-order valence-corrected chi connectivity index (χ3v) is 11.8. The molecule has 3 fully saturated rings. The van der Waals surface area contributed by atoms with Crippen LogP contribution in [0.4, 0.5) is 11.4 Å². The zero-order chi connectivity index (χ0) is 27.8. The molecule has 8 nitrogen and oxygen atoms in total. The summed E-state index contributed by atoms with van der Waals surface area (Å²) in [6, 6.07) is 9.85. The number of nitrogens with one attached hydrogen (secondary N) is 1. The second-order valence-electron chi connectivity index (χ2n) is 12.6. The highest BCUT2D eigenvalue weighted by Crippen LogP contribution is 2.47. The molecular formula is C31H39N5O3S. The number of ketones is 1. The molecule has 0 saturated carbocycles. The van der Waals surface area contributed by atoms with Gasteiger partial charge in [-0.15, -0.1) is 0 Å². The van der Waals surface area contributed by atoms with E-state index >= 15 is 0 Å². The maximum absolute atomic E-state index is 14.2. The molecular weight excluding hydrogens is 522 g/mol. The number of rotatable bonds is 4. The van der Waals surface area contributed by atoms with Gasteiger partial charge in [-0.3, -0.25) is 4.79 Å². The average molecular weight is 562 g/mol. The predicted molar refractivity (Wildman–Crippen MR) is 159 cm³/mol. The summed E-state index contributed by atoms with van der Waals surface area (Å²) >= 11 is 0. The molecule has 0 unspecified atom stereocenters. The van der Waals surface area contributed by atoms with Crippen LogP contribution in [0, 0.1) is 0 Å². The van der Waals surface area contributed by atoms with E-state index in [4.69, 9.17) is 5.73 Å². The minimum absolute atomic E-state index is 0.127. The van der Waals surface area contributed by atoms with Crippen LogP contribution in [0.1, 0.15) is 79.6 Å². The van der Waals surface area contributed by atoms with E-state index < -0.39 is 15.4 Å². The first-order chi connectivity index (χ1) is 19.2. The molecule has 0 bridgehead atoms. The smallest absolute Gasteiger partial charge is 0.245 e. The summed E-state index contributed by atoms with van der Waals surface area (Å²) in [5.41, 5.74) is 10.6. The number of anilines is 2. The van der Waals surface area contributed by atoms with Crippen LogP contribution in [0.15, 0.2) is 35.2 Å². The minimum atomic E-state index is -3.75. The van der Waals surface area contributed by atoms with Gasteiger partial charge in [0.25, 0.3) is 0 Å². The number of hydrogen-bond acceptors (Lipinski definition) is 6. The Hall–Kier alpha value is -2.88. The number of aromatic amines is 1. The Morgan fingerprint density at radius 2 is 1.60 bits per heavy atom. The maximum atomic E-state index is 14.2. The molecule has 2 aromatic carbocycles. The lowest BCUT2D eigenvalue weighted by molar-refractivity contribution is 0.103. The average Bonchev–Trinajstić information content (AvgIpc) is 3.73.